The molecule has 0 N–H and O–H groups in total. The summed E-state index contributed by atoms with van der Waals surface area (Å²) < 4.78 is 0. The molecule has 0 unspecified atom stereocenters. The Balaban J connectivity index is 1.95. The zero-order valence-corrected chi connectivity index (χ0v) is 11.3. The van der Waals surface area contributed by atoms with Crippen molar-refractivity contribution in [1.82, 2.24) is 4.90 Å². The van der Waals surface area contributed by atoms with Gasteiger partial charge in [-0.05, 0) is 32.6 Å². The predicted molar refractivity (Wildman–Crippen MR) is 73.3 cm³/mol. The Kier molecular flexibility index (Phi) is 4.56. The van der Waals surface area contributed by atoms with E-state index in [1.165, 1.54) is 57.2 Å². The zero-order valence-electron chi connectivity index (χ0n) is 10.4. The maximum atomic E-state index is 4.89. The zero-order chi connectivity index (χ0) is 11.4. The maximum Gasteiger partial charge on any atom is 0.0970 e. The van der Waals surface area contributed by atoms with E-state index in [4.69, 9.17) is 4.99 Å². The molecule has 2 rings (SSSR count). The van der Waals surface area contributed by atoms with Gasteiger partial charge < -0.3 is 4.90 Å². The Hall–Kier alpha value is -0.180. The third-order valence-electron chi connectivity index (χ3n) is 4.03. The van der Waals surface area contributed by atoms with Crippen LogP contribution < -0.4 is 0 Å². The van der Waals surface area contributed by atoms with Crippen molar-refractivity contribution in [3.8, 4) is 0 Å². The molecule has 16 heavy (non-hydrogen) atoms. The van der Waals surface area contributed by atoms with Crippen LogP contribution in [-0.4, -0.2) is 28.7 Å². The van der Waals surface area contributed by atoms with E-state index in [9.17, 15) is 0 Å². The number of hydrogen-bond donors (Lipinski definition) is 1. The molecule has 0 aromatic rings. The second kappa shape index (κ2) is 5.95. The van der Waals surface area contributed by atoms with Crippen LogP contribution in [0.15, 0.2) is 4.99 Å². The van der Waals surface area contributed by atoms with Gasteiger partial charge in [-0.25, -0.2) is 0 Å². The largest absolute Gasteiger partial charge is 0.349 e. The van der Waals surface area contributed by atoms with E-state index >= 15 is 0 Å². The Morgan fingerprint density at radius 2 is 1.69 bits per heavy atom. The van der Waals surface area contributed by atoms with Crippen molar-refractivity contribution < 1.29 is 0 Å². The number of aliphatic imine (C=N–C) groups is 1. The van der Waals surface area contributed by atoms with Gasteiger partial charge in [0.2, 0.25) is 0 Å². The molecule has 3 heteroatoms. The first-order valence-electron chi connectivity index (χ1n) is 6.73. The Labute approximate surface area is 105 Å². The molecule has 2 aliphatic rings. The van der Waals surface area contributed by atoms with Crippen molar-refractivity contribution in [1.29, 1.82) is 0 Å². The Morgan fingerprint density at radius 1 is 1.12 bits per heavy atom. The molecule has 0 saturated heterocycles. The molecule has 0 aliphatic heterocycles. The van der Waals surface area contributed by atoms with Gasteiger partial charge in [-0.15, -0.1) is 0 Å². The number of rotatable bonds is 3. The summed E-state index contributed by atoms with van der Waals surface area (Å²) in [7, 11) is 0. The summed E-state index contributed by atoms with van der Waals surface area (Å²) >= 11 is 4.47. The highest BCUT2D eigenvalue weighted by Crippen LogP contribution is 2.26. The molecule has 0 amide bonds. The van der Waals surface area contributed by atoms with Crippen molar-refractivity contribution in [2.45, 2.75) is 70.4 Å². The van der Waals surface area contributed by atoms with Crippen LogP contribution in [0.25, 0.3) is 0 Å². The number of hydrogen-bond acceptors (Lipinski definition) is 2. The van der Waals surface area contributed by atoms with Gasteiger partial charge in [0.25, 0.3) is 0 Å². The molecule has 0 radical (unpaired) electrons. The standard InChI is InChI=1S/C13H24N2S/c1-11(14-12-6-2-3-7-12)15(10-16)13-8-4-5-9-13/h12-13,16H,2-10H2,1H3/b14-11+. The normalized spacial score (nSPS) is 24.2. The SMILES string of the molecule is C/C(=N\C1CCCC1)N(CS)C1CCCC1. The molecular formula is C13H24N2S. The van der Waals surface area contributed by atoms with Crippen molar-refractivity contribution in [3.05, 3.63) is 0 Å². The van der Waals surface area contributed by atoms with Gasteiger partial charge in [0.05, 0.1) is 17.8 Å². The lowest BCUT2D eigenvalue weighted by Gasteiger charge is -2.29. The first-order chi connectivity index (χ1) is 7.81. The van der Waals surface area contributed by atoms with Gasteiger partial charge in [-0.3, -0.25) is 4.99 Å². The second-order valence-electron chi connectivity index (χ2n) is 5.16. The van der Waals surface area contributed by atoms with Gasteiger partial charge in [-0.1, -0.05) is 25.7 Å². The molecule has 2 fully saturated rings. The van der Waals surface area contributed by atoms with Crippen LogP contribution in [-0.2, 0) is 0 Å². The summed E-state index contributed by atoms with van der Waals surface area (Å²) in [4.78, 5) is 7.30. The van der Waals surface area contributed by atoms with Crippen LogP contribution in [0.1, 0.15) is 58.3 Å². The van der Waals surface area contributed by atoms with E-state index in [1.807, 2.05) is 0 Å². The van der Waals surface area contributed by atoms with E-state index in [0.717, 1.165) is 5.88 Å². The van der Waals surface area contributed by atoms with Crippen molar-refractivity contribution in [3.63, 3.8) is 0 Å². The van der Waals surface area contributed by atoms with Crippen LogP contribution in [0.2, 0.25) is 0 Å². The maximum absolute atomic E-state index is 4.89. The van der Waals surface area contributed by atoms with Crippen molar-refractivity contribution >= 4 is 18.5 Å². The monoisotopic (exact) mass is 240 g/mol. The van der Waals surface area contributed by atoms with Crippen LogP contribution in [0, 0.1) is 0 Å². The van der Waals surface area contributed by atoms with Gasteiger partial charge in [0.1, 0.15) is 0 Å². The Bertz CT molecular complexity index is 240. The van der Waals surface area contributed by atoms with Gasteiger partial charge in [0, 0.05) is 6.04 Å². The van der Waals surface area contributed by atoms with E-state index in [0.29, 0.717) is 12.1 Å². The summed E-state index contributed by atoms with van der Waals surface area (Å²) in [5, 5.41) is 0. The van der Waals surface area contributed by atoms with E-state index in [2.05, 4.69) is 24.5 Å². The summed E-state index contributed by atoms with van der Waals surface area (Å²) in [6, 6.07) is 1.31. The minimum Gasteiger partial charge on any atom is -0.349 e. The van der Waals surface area contributed by atoms with E-state index in [-0.39, 0.29) is 0 Å². The van der Waals surface area contributed by atoms with Crippen LogP contribution >= 0.6 is 12.6 Å². The molecule has 92 valence electrons. The topological polar surface area (TPSA) is 15.6 Å². The Morgan fingerprint density at radius 3 is 2.25 bits per heavy atom. The molecule has 0 aromatic carbocycles. The molecule has 0 aromatic heterocycles. The van der Waals surface area contributed by atoms with Gasteiger partial charge in [-0.2, -0.15) is 12.6 Å². The summed E-state index contributed by atoms with van der Waals surface area (Å²) in [6.45, 7) is 2.17. The molecule has 0 bridgehead atoms. The smallest absolute Gasteiger partial charge is 0.0970 e. The highest BCUT2D eigenvalue weighted by Gasteiger charge is 2.23. The highest BCUT2D eigenvalue weighted by atomic mass is 32.1. The predicted octanol–water partition coefficient (Wildman–Crippen LogP) is 3.48. The van der Waals surface area contributed by atoms with E-state index in [1.54, 1.807) is 0 Å². The minimum absolute atomic E-state index is 0.601. The first kappa shape index (κ1) is 12.3. The lowest BCUT2D eigenvalue weighted by atomic mass is 10.2. The molecule has 2 aliphatic carbocycles. The molecule has 0 atom stereocenters. The summed E-state index contributed by atoms with van der Waals surface area (Å²) in [5.74, 6) is 2.06. The van der Waals surface area contributed by atoms with Gasteiger partial charge in [0.15, 0.2) is 0 Å². The first-order valence-corrected chi connectivity index (χ1v) is 7.36. The fourth-order valence-corrected chi connectivity index (χ4v) is 3.51. The average Bonchev–Trinajstić information content (AvgIpc) is 2.91. The fraction of sp³-hybridized carbons (Fsp3) is 0.923. The molecule has 2 saturated carbocycles. The molecular weight excluding hydrogens is 216 g/mol. The quantitative estimate of drug-likeness (QED) is 0.345. The third kappa shape index (κ3) is 2.93. The lowest BCUT2D eigenvalue weighted by molar-refractivity contribution is 0.356. The fourth-order valence-electron chi connectivity index (χ4n) is 3.07. The van der Waals surface area contributed by atoms with Crippen LogP contribution in [0.4, 0.5) is 0 Å². The van der Waals surface area contributed by atoms with E-state index < -0.39 is 0 Å². The third-order valence-corrected chi connectivity index (χ3v) is 4.33. The number of amidine groups is 1. The molecule has 2 nitrogen and oxygen atoms in total. The van der Waals surface area contributed by atoms with Crippen molar-refractivity contribution in [2.75, 3.05) is 5.88 Å². The summed E-state index contributed by atoms with van der Waals surface area (Å²) in [5.41, 5.74) is 0. The lowest BCUT2D eigenvalue weighted by Crippen LogP contribution is -2.37. The van der Waals surface area contributed by atoms with Crippen LogP contribution in [0.5, 0.6) is 0 Å². The average molecular weight is 240 g/mol. The number of thiol groups is 1. The van der Waals surface area contributed by atoms with Crippen molar-refractivity contribution in [2.24, 2.45) is 4.99 Å². The molecule has 0 spiro atoms. The summed E-state index contributed by atoms with van der Waals surface area (Å²) in [6.07, 6.45) is 10.7. The van der Waals surface area contributed by atoms with Crippen LogP contribution in [0.3, 0.4) is 0 Å². The number of nitrogens with zero attached hydrogens (tertiary/aromatic N) is 2. The molecule has 0 heterocycles. The highest BCUT2D eigenvalue weighted by molar-refractivity contribution is 7.80. The minimum atomic E-state index is 0.601. The second-order valence-corrected chi connectivity index (χ2v) is 5.45. The van der Waals surface area contributed by atoms with Gasteiger partial charge >= 0.3 is 0 Å².